The van der Waals surface area contributed by atoms with Gasteiger partial charge >= 0.3 is 0 Å². The van der Waals surface area contributed by atoms with Crippen LogP contribution in [0.25, 0.3) is 11.5 Å². The van der Waals surface area contributed by atoms with Gasteiger partial charge in [0.25, 0.3) is 0 Å². The molecule has 0 radical (unpaired) electrons. The maximum Gasteiger partial charge on any atom is 0.249 e. The molecule has 3 aromatic heterocycles. The molecule has 0 saturated heterocycles. The van der Waals surface area contributed by atoms with Crippen LogP contribution in [0.15, 0.2) is 49.3 Å². The molecule has 0 fully saturated rings. The summed E-state index contributed by atoms with van der Waals surface area (Å²) in [6.07, 6.45) is 1.56. The summed E-state index contributed by atoms with van der Waals surface area (Å²) in [4.78, 5) is 14.2. The Morgan fingerprint density at radius 2 is 2.27 bits per heavy atom. The normalized spacial score (nSPS) is 10.5. The topological polar surface area (TPSA) is 95.8 Å². The van der Waals surface area contributed by atoms with Gasteiger partial charge in [0.05, 0.1) is 22.5 Å². The molecule has 1 N–H and O–H groups in total. The van der Waals surface area contributed by atoms with Crippen LogP contribution in [0, 0.1) is 18.3 Å². The van der Waals surface area contributed by atoms with Gasteiger partial charge in [0.2, 0.25) is 11.3 Å². The van der Waals surface area contributed by atoms with Gasteiger partial charge in [-0.15, -0.1) is 11.8 Å². The molecule has 0 amide bonds. The molecule has 22 heavy (non-hydrogen) atoms. The Morgan fingerprint density at radius 3 is 3.00 bits per heavy atom. The van der Waals surface area contributed by atoms with Gasteiger partial charge in [-0.1, -0.05) is 5.16 Å². The summed E-state index contributed by atoms with van der Waals surface area (Å²) in [7, 11) is 0. The number of aromatic amines is 1. The molecule has 3 heterocycles. The molecule has 0 saturated carbocycles. The fraction of sp³-hybridized carbons (Fsp3) is 0.133. The summed E-state index contributed by atoms with van der Waals surface area (Å²) in [5.41, 5.74) is 1.60. The molecule has 6 nitrogen and oxygen atoms in total. The first-order valence-electron chi connectivity index (χ1n) is 6.43. The van der Waals surface area contributed by atoms with Crippen LogP contribution in [0.2, 0.25) is 0 Å². The summed E-state index contributed by atoms with van der Waals surface area (Å²) < 4.78 is 10.4. The van der Waals surface area contributed by atoms with Crippen LogP contribution < -0.4 is 5.56 Å². The van der Waals surface area contributed by atoms with Crippen LogP contribution in [-0.4, -0.2) is 10.1 Å². The van der Waals surface area contributed by atoms with Gasteiger partial charge in [-0.25, -0.2) is 0 Å². The average molecular weight is 313 g/mol. The highest BCUT2D eigenvalue weighted by molar-refractivity contribution is 7.98. The zero-order valence-electron chi connectivity index (χ0n) is 11.6. The van der Waals surface area contributed by atoms with Crippen LogP contribution in [-0.2, 0) is 5.75 Å². The van der Waals surface area contributed by atoms with E-state index in [-0.39, 0.29) is 5.56 Å². The minimum Gasteiger partial charge on any atom is -0.461 e. The van der Waals surface area contributed by atoms with Gasteiger partial charge in [-0.3, -0.25) is 4.79 Å². The summed E-state index contributed by atoms with van der Waals surface area (Å²) in [6.45, 7) is 1.74. The van der Waals surface area contributed by atoms with Gasteiger partial charge in [-0.2, -0.15) is 5.26 Å². The second-order valence-corrected chi connectivity index (χ2v) is 5.57. The van der Waals surface area contributed by atoms with E-state index in [0.29, 0.717) is 39.1 Å². The smallest absolute Gasteiger partial charge is 0.249 e. The molecular formula is C15H11N3O3S. The molecule has 0 aromatic carbocycles. The second-order valence-electron chi connectivity index (χ2n) is 4.58. The van der Waals surface area contributed by atoms with E-state index >= 15 is 0 Å². The number of rotatable bonds is 4. The second kappa shape index (κ2) is 5.95. The van der Waals surface area contributed by atoms with Crippen molar-refractivity contribution in [2.75, 3.05) is 0 Å². The summed E-state index contributed by atoms with van der Waals surface area (Å²) >= 11 is 1.33. The largest absolute Gasteiger partial charge is 0.461 e. The summed E-state index contributed by atoms with van der Waals surface area (Å²) in [6, 6.07) is 8.83. The maximum atomic E-state index is 11.5. The first-order chi connectivity index (χ1) is 10.7. The van der Waals surface area contributed by atoms with Crippen LogP contribution in [0.1, 0.15) is 16.8 Å². The molecule has 0 unspecified atom stereocenters. The van der Waals surface area contributed by atoms with Crippen molar-refractivity contribution in [2.24, 2.45) is 0 Å². The fourth-order valence-corrected chi connectivity index (χ4v) is 2.92. The highest BCUT2D eigenvalue weighted by Crippen LogP contribution is 2.27. The number of aromatic nitrogens is 2. The molecule has 7 heteroatoms. The van der Waals surface area contributed by atoms with Crippen LogP contribution in [0.5, 0.6) is 0 Å². The molecule has 0 aliphatic rings. The van der Waals surface area contributed by atoms with E-state index in [4.69, 9.17) is 8.94 Å². The zero-order chi connectivity index (χ0) is 15.5. The van der Waals surface area contributed by atoms with E-state index in [1.54, 1.807) is 31.4 Å². The van der Waals surface area contributed by atoms with Crippen molar-refractivity contribution in [3.63, 3.8) is 0 Å². The number of nitrogens with one attached hydrogen (secondary N) is 1. The highest BCUT2D eigenvalue weighted by Gasteiger charge is 2.12. The van der Waals surface area contributed by atoms with Gasteiger partial charge in [0, 0.05) is 17.9 Å². The van der Waals surface area contributed by atoms with Crippen molar-refractivity contribution in [1.29, 1.82) is 5.26 Å². The van der Waals surface area contributed by atoms with Gasteiger partial charge in [0.15, 0.2) is 5.76 Å². The van der Waals surface area contributed by atoms with Crippen molar-refractivity contribution in [2.45, 2.75) is 17.7 Å². The van der Waals surface area contributed by atoms with Crippen molar-refractivity contribution < 1.29 is 8.94 Å². The average Bonchev–Trinajstić information content (AvgIpc) is 3.15. The molecule has 3 aromatic rings. The minimum atomic E-state index is -0.226. The van der Waals surface area contributed by atoms with E-state index in [1.807, 2.05) is 0 Å². The van der Waals surface area contributed by atoms with Crippen LogP contribution in [0.3, 0.4) is 0 Å². The Morgan fingerprint density at radius 1 is 1.41 bits per heavy atom. The number of pyridine rings is 1. The SMILES string of the molecule is Cc1cc(=O)[nH]c(SCc2cc(-c3ccco3)on2)c1C#N. The fourth-order valence-electron chi connectivity index (χ4n) is 1.97. The molecule has 0 spiro atoms. The standard InChI is InChI=1S/C15H11N3O3S/c1-9-5-14(19)17-15(11(9)7-16)22-8-10-6-13(21-18-10)12-3-2-4-20-12/h2-6H,8H2,1H3,(H,17,19). The third-order valence-electron chi connectivity index (χ3n) is 3.00. The lowest BCUT2D eigenvalue weighted by Crippen LogP contribution is -2.08. The Labute approximate surface area is 129 Å². The molecule has 0 aliphatic heterocycles. The van der Waals surface area contributed by atoms with Gasteiger partial charge < -0.3 is 13.9 Å². The number of furan rings is 1. The number of hydrogen-bond acceptors (Lipinski definition) is 6. The lowest BCUT2D eigenvalue weighted by Gasteiger charge is -2.04. The highest BCUT2D eigenvalue weighted by atomic mass is 32.2. The van der Waals surface area contributed by atoms with Gasteiger partial charge in [-0.05, 0) is 24.6 Å². The summed E-state index contributed by atoms with van der Waals surface area (Å²) in [5.74, 6) is 1.61. The summed E-state index contributed by atoms with van der Waals surface area (Å²) in [5, 5.41) is 13.7. The number of aryl methyl sites for hydroxylation is 1. The molecule has 0 bridgehead atoms. The van der Waals surface area contributed by atoms with E-state index in [9.17, 15) is 10.1 Å². The quantitative estimate of drug-likeness (QED) is 0.743. The third-order valence-corrected chi connectivity index (χ3v) is 4.04. The minimum absolute atomic E-state index is 0.226. The van der Waals surface area contributed by atoms with E-state index < -0.39 is 0 Å². The Kier molecular flexibility index (Phi) is 3.85. The van der Waals surface area contributed by atoms with Crippen LogP contribution in [0.4, 0.5) is 0 Å². The molecule has 0 atom stereocenters. The van der Waals surface area contributed by atoms with Crippen LogP contribution >= 0.6 is 11.8 Å². The van der Waals surface area contributed by atoms with Crippen molar-refractivity contribution in [3.05, 3.63) is 57.7 Å². The molecule has 110 valence electrons. The molecule has 3 rings (SSSR count). The Balaban J connectivity index is 1.79. The van der Waals surface area contributed by atoms with E-state index in [0.717, 1.165) is 0 Å². The third kappa shape index (κ3) is 2.82. The predicted molar refractivity (Wildman–Crippen MR) is 80.3 cm³/mol. The number of thioether (sulfide) groups is 1. The van der Waals surface area contributed by atoms with E-state index in [2.05, 4.69) is 16.2 Å². The number of nitrogens with zero attached hydrogens (tertiary/aromatic N) is 2. The lowest BCUT2D eigenvalue weighted by molar-refractivity contribution is 0.413. The monoisotopic (exact) mass is 313 g/mol. The molecule has 0 aliphatic carbocycles. The van der Waals surface area contributed by atoms with E-state index in [1.165, 1.54) is 17.8 Å². The van der Waals surface area contributed by atoms with Crippen molar-refractivity contribution in [1.82, 2.24) is 10.1 Å². The zero-order valence-corrected chi connectivity index (χ0v) is 12.4. The number of hydrogen-bond donors (Lipinski definition) is 1. The first kappa shape index (κ1) is 14.2. The van der Waals surface area contributed by atoms with Crippen molar-refractivity contribution >= 4 is 11.8 Å². The Bertz CT molecular complexity index is 888. The van der Waals surface area contributed by atoms with Gasteiger partial charge in [0.1, 0.15) is 6.07 Å². The van der Waals surface area contributed by atoms with Crippen molar-refractivity contribution in [3.8, 4) is 17.6 Å². The lowest BCUT2D eigenvalue weighted by atomic mass is 10.2. The maximum absolute atomic E-state index is 11.5. The number of nitriles is 1. The first-order valence-corrected chi connectivity index (χ1v) is 7.42. The molecular weight excluding hydrogens is 302 g/mol. The Hall–Kier alpha value is -2.72. The number of H-pyrrole nitrogens is 1. The predicted octanol–water partition coefficient (Wildman–Crippen LogP) is 3.10.